The minimum Gasteiger partial charge on any atom is -0.454 e. The van der Waals surface area contributed by atoms with E-state index in [2.05, 4.69) is 5.32 Å². The Hall–Kier alpha value is -1.36. The molecule has 0 bridgehead atoms. The summed E-state index contributed by atoms with van der Waals surface area (Å²) >= 11 is 1.77. The molecular formula is C17H23NO3S. The predicted molar refractivity (Wildman–Crippen MR) is 89.7 cm³/mol. The number of benzene rings is 1. The van der Waals surface area contributed by atoms with Crippen molar-refractivity contribution in [2.75, 3.05) is 17.9 Å². The highest BCUT2D eigenvalue weighted by atomic mass is 32.2. The molecule has 1 fully saturated rings. The van der Waals surface area contributed by atoms with Crippen LogP contribution < -0.4 is 14.8 Å². The third kappa shape index (κ3) is 3.88. The lowest BCUT2D eigenvalue weighted by Crippen LogP contribution is -2.24. The zero-order chi connectivity index (χ0) is 15.4. The fraction of sp³-hybridized carbons (Fsp3) is 0.588. The van der Waals surface area contributed by atoms with Gasteiger partial charge in [-0.05, 0) is 43.6 Å². The number of thioether (sulfide) groups is 1. The number of nitrogens with one attached hydrogen (secondary N) is 1. The van der Waals surface area contributed by atoms with Crippen LogP contribution in [-0.2, 0) is 4.79 Å². The van der Waals surface area contributed by atoms with Crippen molar-refractivity contribution >= 4 is 23.4 Å². The number of hydrogen-bond acceptors (Lipinski definition) is 4. The Kier molecular flexibility index (Phi) is 5.13. The third-order valence-electron chi connectivity index (χ3n) is 4.32. The van der Waals surface area contributed by atoms with Crippen molar-refractivity contribution in [1.29, 1.82) is 0 Å². The summed E-state index contributed by atoms with van der Waals surface area (Å²) in [6.45, 7) is 2.23. The highest BCUT2D eigenvalue weighted by Crippen LogP contribution is 2.34. The number of amides is 1. The number of carbonyl (C=O) groups is 1. The fourth-order valence-electron chi connectivity index (χ4n) is 2.93. The first kappa shape index (κ1) is 15.5. The summed E-state index contributed by atoms with van der Waals surface area (Å²) in [5.41, 5.74) is 0.763. The summed E-state index contributed by atoms with van der Waals surface area (Å²) in [6, 6.07) is 5.50. The minimum atomic E-state index is -0.0349. The van der Waals surface area contributed by atoms with Crippen molar-refractivity contribution in [2.45, 2.75) is 44.3 Å². The van der Waals surface area contributed by atoms with Gasteiger partial charge in [-0.3, -0.25) is 4.79 Å². The molecule has 0 aromatic heterocycles. The number of ether oxygens (including phenoxy) is 2. The van der Waals surface area contributed by atoms with Gasteiger partial charge in [0.15, 0.2) is 11.5 Å². The lowest BCUT2D eigenvalue weighted by atomic mass is 9.91. The van der Waals surface area contributed by atoms with Crippen LogP contribution in [0.4, 0.5) is 5.69 Å². The summed E-state index contributed by atoms with van der Waals surface area (Å²) in [7, 11) is 0. The molecule has 1 heterocycles. The van der Waals surface area contributed by atoms with E-state index in [1.54, 1.807) is 11.8 Å². The van der Waals surface area contributed by atoms with E-state index in [4.69, 9.17) is 9.47 Å². The Morgan fingerprint density at radius 1 is 1.27 bits per heavy atom. The maximum atomic E-state index is 12.3. The van der Waals surface area contributed by atoms with E-state index in [0.717, 1.165) is 23.1 Å². The Bertz CT molecular complexity index is 529. The predicted octanol–water partition coefficient (Wildman–Crippen LogP) is 4.06. The molecule has 22 heavy (non-hydrogen) atoms. The van der Waals surface area contributed by atoms with Crippen molar-refractivity contribution in [1.82, 2.24) is 0 Å². The number of carbonyl (C=O) groups excluding carboxylic acids is 1. The van der Waals surface area contributed by atoms with Gasteiger partial charge in [0, 0.05) is 11.8 Å². The van der Waals surface area contributed by atoms with E-state index in [1.165, 1.54) is 32.1 Å². The Labute approximate surface area is 135 Å². The molecule has 1 amide bonds. The first-order chi connectivity index (χ1) is 10.7. The lowest BCUT2D eigenvalue weighted by Gasteiger charge is -2.22. The molecule has 1 aliphatic carbocycles. The summed E-state index contributed by atoms with van der Waals surface area (Å²) < 4.78 is 10.6. The summed E-state index contributed by atoms with van der Waals surface area (Å²) in [4.78, 5) is 12.3. The van der Waals surface area contributed by atoms with Gasteiger partial charge in [0.2, 0.25) is 12.7 Å². The fourth-order valence-corrected chi connectivity index (χ4v) is 4.03. The number of fused-ring (bicyclic) bond motifs is 1. The summed E-state index contributed by atoms with van der Waals surface area (Å²) in [5.74, 6) is 3.37. The van der Waals surface area contributed by atoms with Crippen LogP contribution in [0.2, 0.25) is 0 Å². The Balaban J connectivity index is 1.48. The highest BCUT2D eigenvalue weighted by molar-refractivity contribution is 8.00. The van der Waals surface area contributed by atoms with Gasteiger partial charge in [-0.15, -0.1) is 11.8 Å². The van der Waals surface area contributed by atoms with E-state index >= 15 is 0 Å². The van der Waals surface area contributed by atoms with Crippen molar-refractivity contribution in [3.63, 3.8) is 0 Å². The van der Waals surface area contributed by atoms with E-state index in [-0.39, 0.29) is 18.0 Å². The van der Waals surface area contributed by atoms with Gasteiger partial charge >= 0.3 is 0 Å². The van der Waals surface area contributed by atoms with E-state index in [0.29, 0.717) is 5.75 Å². The summed E-state index contributed by atoms with van der Waals surface area (Å²) in [6.07, 6.45) is 6.72. The third-order valence-corrected chi connectivity index (χ3v) is 5.69. The zero-order valence-electron chi connectivity index (χ0n) is 13.0. The monoisotopic (exact) mass is 321 g/mol. The van der Waals surface area contributed by atoms with Crippen LogP contribution in [0.25, 0.3) is 0 Å². The number of hydrogen-bond donors (Lipinski definition) is 1. The Morgan fingerprint density at radius 2 is 2.05 bits per heavy atom. The molecule has 1 aromatic rings. The van der Waals surface area contributed by atoms with Crippen LogP contribution in [0.5, 0.6) is 11.5 Å². The molecule has 3 rings (SSSR count). The molecular weight excluding hydrogens is 298 g/mol. The average Bonchev–Trinajstić information content (AvgIpc) is 3.01. The molecule has 4 nitrogen and oxygen atoms in total. The molecule has 0 spiro atoms. The van der Waals surface area contributed by atoms with Crippen LogP contribution in [-0.4, -0.2) is 23.7 Å². The van der Waals surface area contributed by atoms with Gasteiger partial charge in [-0.2, -0.15) is 0 Å². The smallest absolute Gasteiger partial charge is 0.237 e. The first-order valence-corrected chi connectivity index (χ1v) is 9.09. The SMILES string of the molecule is CC(SCC1CCCCC1)C(=O)Nc1ccc2c(c1)OCO2. The first-order valence-electron chi connectivity index (χ1n) is 8.04. The van der Waals surface area contributed by atoms with Gasteiger partial charge in [0.05, 0.1) is 5.25 Å². The second-order valence-corrected chi connectivity index (χ2v) is 7.41. The topological polar surface area (TPSA) is 47.6 Å². The van der Waals surface area contributed by atoms with Gasteiger partial charge in [-0.1, -0.05) is 19.3 Å². The number of anilines is 1. The molecule has 0 saturated heterocycles. The molecule has 1 saturated carbocycles. The standard InChI is InChI=1S/C17H23NO3S/c1-12(22-10-13-5-3-2-4-6-13)17(19)18-14-7-8-15-16(9-14)21-11-20-15/h7-9,12-13H,2-6,10-11H2,1H3,(H,18,19). The molecule has 1 atom stereocenters. The molecule has 1 aromatic carbocycles. The molecule has 1 unspecified atom stereocenters. The molecule has 5 heteroatoms. The van der Waals surface area contributed by atoms with Crippen molar-refractivity contribution in [2.24, 2.45) is 5.92 Å². The number of rotatable bonds is 5. The molecule has 1 aliphatic heterocycles. The van der Waals surface area contributed by atoms with E-state index < -0.39 is 0 Å². The van der Waals surface area contributed by atoms with Gasteiger partial charge in [0.1, 0.15) is 0 Å². The molecule has 1 N–H and O–H groups in total. The maximum absolute atomic E-state index is 12.3. The Morgan fingerprint density at radius 3 is 2.86 bits per heavy atom. The van der Waals surface area contributed by atoms with Crippen molar-refractivity contribution in [3.05, 3.63) is 18.2 Å². The van der Waals surface area contributed by atoms with Gasteiger partial charge in [-0.25, -0.2) is 0 Å². The minimum absolute atomic E-state index is 0.0349. The second-order valence-electron chi connectivity index (χ2n) is 6.04. The molecule has 2 aliphatic rings. The van der Waals surface area contributed by atoms with Crippen molar-refractivity contribution < 1.29 is 14.3 Å². The van der Waals surface area contributed by atoms with Gasteiger partial charge < -0.3 is 14.8 Å². The zero-order valence-corrected chi connectivity index (χ0v) is 13.8. The molecule has 0 radical (unpaired) electrons. The highest BCUT2D eigenvalue weighted by Gasteiger charge is 2.19. The van der Waals surface area contributed by atoms with Crippen LogP contribution in [0.15, 0.2) is 18.2 Å². The van der Waals surface area contributed by atoms with Crippen LogP contribution in [0.1, 0.15) is 39.0 Å². The lowest BCUT2D eigenvalue weighted by molar-refractivity contribution is -0.115. The normalized spacial score (nSPS) is 19.0. The largest absolute Gasteiger partial charge is 0.454 e. The maximum Gasteiger partial charge on any atom is 0.237 e. The molecule has 120 valence electrons. The van der Waals surface area contributed by atoms with E-state index in [9.17, 15) is 4.79 Å². The van der Waals surface area contributed by atoms with Crippen LogP contribution >= 0.6 is 11.8 Å². The average molecular weight is 321 g/mol. The van der Waals surface area contributed by atoms with Crippen molar-refractivity contribution in [3.8, 4) is 11.5 Å². The summed E-state index contributed by atoms with van der Waals surface area (Å²) in [5, 5.41) is 2.93. The van der Waals surface area contributed by atoms with E-state index in [1.807, 2.05) is 25.1 Å². The quantitative estimate of drug-likeness (QED) is 0.888. The van der Waals surface area contributed by atoms with Crippen LogP contribution in [0.3, 0.4) is 0 Å². The van der Waals surface area contributed by atoms with Crippen LogP contribution in [0, 0.1) is 5.92 Å². The van der Waals surface area contributed by atoms with Gasteiger partial charge in [0.25, 0.3) is 0 Å². The second kappa shape index (κ2) is 7.27.